The van der Waals surface area contributed by atoms with Gasteiger partial charge in [0.2, 0.25) is 0 Å². The van der Waals surface area contributed by atoms with Crippen LogP contribution in [0, 0.1) is 17.9 Å². The van der Waals surface area contributed by atoms with Crippen molar-refractivity contribution in [3.05, 3.63) is 192 Å². The van der Waals surface area contributed by atoms with Crippen molar-refractivity contribution in [3.8, 4) is 50.6 Å². The number of hydrogen-bond donors (Lipinski definition) is 0. The Morgan fingerprint density at radius 1 is 0.662 bits per heavy atom. The minimum Gasteiger partial charge on any atom is 0 e. The normalized spacial score (nSPS) is 11.9. The van der Waals surface area contributed by atoms with Crippen LogP contribution in [0.5, 0.6) is 0 Å². The van der Waals surface area contributed by atoms with Crippen molar-refractivity contribution in [2.75, 3.05) is 0 Å². The fourth-order valence-corrected chi connectivity index (χ4v) is 11.0. The maximum absolute atomic E-state index is 12.8. The number of imidazole rings is 1. The Morgan fingerprint density at radius 2 is 1.32 bits per heavy atom. The Balaban J connectivity index is 0.000000293. The van der Waals surface area contributed by atoms with E-state index in [0.29, 0.717) is 0 Å². The Hall–Kier alpha value is -5.92. The second-order valence-electron chi connectivity index (χ2n) is 20.3. The van der Waals surface area contributed by atoms with Crippen molar-refractivity contribution in [1.82, 2.24) is 14.5 Å². The second kappa shape index (κ2) is 19.6. The number of aromatic nitrogens is 3. The van der Waals surface area contributed by atoms with E-state index in [1.54, 1.807) is 6.07 Å². The van der Waals surface area contributed by atoms with Crippen LogP contribution in [-0.2, 0) is 25.5 Å². The summed E-state index contributed by atoms with van der Waals surface area (Å²) in [5.41, 5.74) is 16.2. The minimum absolute atomic E-state index is 0. The van der Waals surface area contributed by atoms with Crippen molar-refractivity contribution in [2.45, 2.75) is 83.0 Å². The molecule has 3 heterocycles. The molecule has 0 atom stereocenters. The first-order valence-electron chi connectivity index (χ1n) is 23.4. The monoisotopic (exact) mass is 1130 g/mol. The van der Waals surface area contributed by atoms with Gasteiger partial charge in [0.15, 0.2) is 0 Å². The summed E-state index contributed by atoms with van der Waals surface area (Å²) in [6.45, 7) is 16.0. The number of hydrogen-bond acceptors (Lipinski definition) is 3. The molecule has 7 heteroatoms. The van der Waals surface area contributed by atoms with Gasteiger partial charge in [0, 0.05) is 31.2 Å². The van der Waals surface area contributed by atoms with Gasteiger partial charge in [-0.05, 0) is 86.5 Å². The first kappa shape index (κ1) is 48.5. The zero-order valence-electron chi connectivity index (χ0n) is 40.6. The van der Waals surface area contributed by atoms with Gasteiger partial charge in [-0.1, -0.05) is 138 Å². The molecular formula is C61H58FGeIrN3O-2. The molecule has 3 aromatic heterocycles. The third-order valence-corrected chi connectivity index (χ3v) is 17.0. The molecular weight excluding hydrogens is 1070 g/mol. The fourth-order valence-electron chi connectivity index (χ4n) is 8.85. The van der Waals surface area contributed by atoms with E-state index < -0.39 is 13.3 Å². The van der Waals surface area contributed by atoms with Crippen molar-refractivity contribution in [3.63, 3.8) is 0 Å². The number of para-hydroxylation sites is 2. The first-order chi connectivity index (χ1) is 32.0. The summed E-state index contributed by atoms with van der Waals surface area (Å²) < 4.78 is 23.3. The van der Waals surface area contributed by atoms with Crippen LogP contribution >= 0.6 is 0 Å². The van der Waals surface area contributed by atoms with Gasteiger partial charge in [-0.2, -0.15) is 0 Å². The molecule has 0 aliphatic carbocycles. The van der Waals surface area contributed by atoms with Crippen molar-refractivity contribution < 1.29 is 28.9 Å². The van der Waals surface area contributed by atoms with Crippen molar-refractivity contribution >= 4 is 50.6 Å². The van der Waals surface area contributed by atoms with Gasteiger partial charge >= 0.3 is 104 Å². The Bertz CT molecular complexity index is 3330. The first-order valence-corrected chi connectivity index (χ1v) is 30.7. The van der Waals surface area contributed by atoms with E-state index in [1.165, 1.54) is 55.6 Å². The quantitative estimate of drug-likeness (QED) is 0.112. The van der Waals surface area contributed by atoms with E-state index in [2.05, 4.69) is 203 Å². The molecule has 10 aromatic rings. The predicted molar refractivity (Wildman–Crippen MR) is 282 cm³/mol. The van der Waals surface area contributed by atoms with Crippen LogP contribution in [0.15, 0.2) is 162 Å². The van der Waals surface area contributed by atoms with Crippen LogP contribution in [-0.4, -0.2) is 27.8 Å². The maximum Gasteiger partial charge on any atom is 0 e. The molecule has 68 heavy (non-hydrogen) atoms. The van der Waals surface area contributed by atoms with Gasteiger partial charge in [-0.15, -0.1) is 18.2 Å². The standard InChI is InChI=1S/C47H43N2O.C14H15FGeN.Ir/c1-29(2)39-26-34(32-20-23-35(24-21-32)47(5,6)7)27-40(30(3)4)44(39)49-42-19-12-11-18-41(42)48-46(49)38-17-13-16-37-36-25-22-33(28-43(36)50-45(37)38)31-14-9-8-10-15-31;1-16(2,3)13-8-9-14(17-10-13)11-4-6-12(15)7-5-11;/h8-16,18-30H,1-7H3;4,6-10H,1-3H3;/q2*-1;. The topological polar surface area (TPSA) is 43.9 Å². The van der Waals surface area contributed by atoms with Gasteiger partial charge in [0.25, 0.3) is 0 Å². The smallest absolute Gasteiger partial charge is 0 e. The number of furan rings is 1. The predicted octanol–water partition coefficient (Wildman–Crippen LogP) is 16.5. The molecule has 0 saturated heterocycles. The van der Waals surface area contributed by atoms with Crippen molar-refractivity contribution in [2.24, 2.45) is 0 Å². The number of rotatable bonds is 8. The number of fused-ring (bicyclic) bond motifs is 4. The summed E-state index contributed by atoms with van der Waals surface area (Å²) in [4.78, 5) is 9.77. The molecule has 0 aliphatic heterocycles. The Morgan fingerprint density at radius 3 is 1.94 bits per heavy atom. The van der Waals surface area contributed by atoms with E-state index >= 15 is 0 Å². The largest absolute Gasteiger partial charge is 0 e. The third kappa shape index (κ3) is 9.83. The SMILES string of the molecule is CC(C)c1cc(-c2ccc(C(C)(C)C)cc2)cc(C(C)C)c1-n1c(-c2[c-]ccc3c2oc2cc(-c4ccccc4)ccc23)nc2ccccc21.[CH3][Ge]([CH3])([CH3])[c]1ccc(-c2[c-]cc(F)cc2)nc1.[Ir]. The maximum atomic E-state index is 12.8. The van der Waals surface area contributed by atoms with Crippen LogP contribution < -0.4 is 4.40 Å². The molecule has 0 saturated carbocycles. The third-order valence-electron chi connectivity index (χ3n) is 12.7. The molecule has 1 radical (unpaired) electrons. The minimum atomic E-state index is -1.79. The van der Waals surface area contributed by atoms with Crippen LogP contribution in [0.25, 0.3) is 83.6 Å². The number of halogens is 1. The van der Waals surface area contributed by atoms with E-state index in [4.69, 9.17) is 9.40 Å². The zero-order chi connectivity index (χ0) is 47.2. The van der Waals surface area contributed by atoms with E-state index in [1.807, 2.05) is 24.4 Å². The average molecular weight is 1130 g/mol. The van der Waals surface area contributed by atoms with Crippen molar-refractivity contribution in [1.29, 1.82) is 0 Å². The summed E-state index contributed by atoms with van der Waals surface area (Å²) in [6, 6.07) is 58.5. The summed E-state index contributed by atoms with van der Waals surface area (Å²) in [5, 5.41) is 2.15. The van der Waals surface area contributed by atoms with E-state index in [0.717, 1.165) is 61.2 Å². The van der Waals surface area contributed by atoms with Gasteiger partial charge < -0.3 is 8.98 Å². The van der Waals surface area contributed by atoms with Gasteiger partial charge in [0.05, 0.1) is 22.4 Å². The number of benzene rings is 7. The Kier molecular flexibility index (Phi) is 14.0. The molecule has 0 fully saturated rings. The number of pyridine rings is 1. The summed E-state index contributed by atoms with van der Waals surface area (Å²) in [5.74, 6) is 8.11. The molecule has 0 unspecified atom stereocenters. The molecule has 0 spiro atoms. The van der Waals surface area contributed by atoms with Gasteiger partial charge in [-0.3, -0.25) is 4.98 Å². The average Bonchev–Trinajstić information content (AvgIpc) is 3.90. The van der Waals surface area contributed by atoms with Crippen LogP contribution in [0.2, 0.25) is 17.3 Å². The molecule has 0 aliphatic rings. The van der Waals surface area contributed by atoms with Gasteiger partial charge in [-0.25, -0.2) is 0 Å². The molecule has 4 nitrogen and oxygen atoms in total. The summed E-state index contributed by atoms with van der Waals surface area (Å²) in [7, 11) is 0. The molecule has 0 amide bonds. The molecule has 10 rings (SSSR count). The summed E-state index contributed by atoms with van der Waals surface area (Å²) >= 11 is -1.79. The Labute approximate surface area is 417 Å². The fraction of sp³-hybridized carbons (Fsp3) is 0.213. The van der Waals surface area contributed by atoms with Crippen LogP contribution in [0.1, 0.15) is 77.0 Å². The molecule has 7 aromatic carbocycles. The molecule has 0 N–H and O–H groups in total. The zero-order valence-corrected chi connectivity index (χ0v) is 45.1. The molecule has 345 valence electrons. The summed E-state index contributed by atoms with van der Waals surface area (Å²) in [6.07, 6.45) is 1.95. The van der Waals surface area contributed by atoms with E-state index in [-0.39, 0.29) is 43.2 Å². The molecule has 0 bridgehead atoms. The number of nitrogens with zero attached hydrogens (tertiary/aromatic N) is 3. The second-order valence-corrected chi connectivity index (χ2v) is 30.9. The van der Waals surface area contributed by atoms with E-state index in [9.17, 15) is 4.39 Å². The van der Waals surface area contributed by atoms with Crippen LogP contribution in [0.3, 0.4) is 0 Å². The van der Waals surface area contributed by atoms with Gasteiger partial charge in [0.1, 0.15) is 5.58 Å². The van der Waals surface area contributed by atoms with Crippen LogP contribution in [0.4, 0.5) is 4.39 Å².